The molecule has 0 amide bonds. The lowest BCUT2D eigenvalue weighted by molar-refractivity contribution is -0.216. The van der Waals surface area contributed by atoms with Crippen molar-refractivity contribution in [2.45, 2.75) is 84.0 Å². The summed E-state index contributed by atoms with van der Waals surface area (Å²) in [5.74, 6) is 0.481. The van der Waals surface area contributed by atoms with E-state index in [1.165, 1.54) is 6.42 Å². The number of hydrogen-bond donors (Lipinski definition) is 4. The molecule has 9 atom stereocenters. The van der Waals surface area contributed by atoms with Crippen LogP contribution in [0, 0.1) is 33.5 Å². The summed E-state index contributed by atoms with van der Waals surface area (Å²) < 4.78 is 0. The van der Waals surface area contributed by atoms with E-state index in [0.29, 0.717) is 17.8 Å². The Kier molecular flexibility index (Phi) is 3.57. The molecule has 0 heterocycles. The van der Waals surface area contributed by atoms with Gasteiger partial charge in [-0.25, -0.2) is 0 Å². The number of hydrogen-bond acceptors (Lipinski definition) is 4. The average Bonchev–Trinajstić information content (AvgIpc) is 3.13. The number of aliphatic hydroxyl groups is 4. The first-order chi connectivity index (χ1) is 11.1. The van der Waals surface area contributed by atoms with Crippen molar-refractivity contribution < 1.29 is 20.4 Å². The molecule has 4 aliphatic carbocycles. The molecule has 4 saturated carbocycles. The predicted octanol–water partition coefficient (Wildman–Crippen LogP) is 2.08. The van der Waals surface area contributed by atoms with Crippen molar-refractivity contribution in [3.05, 3.63) is 0 Å². The van der Waals surface area contributed by atoms with Gasteiger partial charge in [0.1, 0.15) is 0 Å². The minimum absolute atomic E-state index is 0.174. The van der Waals surface area contributed by atoms with E-state index >= 15 is 0 Å². The standard InChI is InChI=1S/C20H34O4/c1-17(15(24)10-21)8-12-4-7-20-11-18(20,2)6-5-13(22)16(20)19(12,3)14(23)9-17/h12-16,21-24H,4-11H2,1-3H3. The van der Waals surface area contributed by atoms with Crippen molar-refractivity contribution in [1.82, 2.24) is 0 Å². The molecule has 9 unspecified atom stereocenters. The first-order valence-electron chi connectivity index (χ1n) is 9.78. The fourth-order valence-electron chi connectivity index (χ4n) is 7.63. The highest BCUT2D eigenvalue weighted by Crippen LogP contribution is 2.81. The Morgan fingerprint density at radius 1 is 1.04 bits per heavy atom. The van der Waals surface area contributed by atoms with Crippen molar-refractivity contribution in [2.24, 2.45) is 33.5 Å². The van der Waals surface area contributed by atoms with E-state index in [9.17, 15) is 20.4 Å². The van der Waals surface area contributed by atoms with Crippen LogP contribution in [0.25, 0.3) is 0 Å². The molecule has 0 aromatic rings. The van der Waals surface area contributed by atoms with Crippen LogP contribution in [0.15, 0.2) is 0 Å². The zero-order valence-electron chi connectivity index (χ0n) is 15.3. The summed E-state index contributed by atoms with van der Waals surface area (Å²) in [6.07, 6.45) is 5.11. The molecule has 4 heteroatoms. The van der Waals surface area contributed by atoms with Crippen LogP contribution >= 0.6 is 0 Å². The lowest BCUT2D eigenvalue weighted by Gasteiger charge is -2.63. The third kappa shape index (κ3) is 1.89. The van der Waals surface area contributed by atoms with Gasteiger partial charge >= 0.3 is 0 Å². The van der Waals surface area contributed by atoms with Crippen molar-refractivity contribution in [3.63, 3.8) is 0 Å². The summed E-state index contributed by atoms with van der Waals surface area (Å²) in [4.78, 5) is 0. The Bertz CT molecular complexity index is 538. The smallest absolute Gasteiger partial charge is 0.0825 e. The van der Waals surface area contributed by atoms with Crippen LogP contribution in [0.1, 0.15) is 65.7 Å². The van der Waals surface area contributed by atoms with Gasteiger partial charge in [-0.15, -0.1) is 0 Å². The van der Waals surface area contributed by atoms with Gasteiger partial charge in [0.2, 0.25) is 0 Å². The van der Waals surface area contributed by atoms with Crippen molar-refractivity contribution in [2.75, 3.05) is 6.61 Å². The zero-order chi connectivity index (χ0) is 17.5. The molecular formula is C20H34O4. The number of aliphatic hydroxyl groups excluding tert-OH is 4. The van der Waals surface area contributed by atoms with E-state index in [-0.39, 0.29) is 29.5 Å². The van der Waals surface area contributed by atoms with Crippen molar-refractivity contribution in [3.8, 4) is 0 Å². The molecule has 0 aliphatic heterocycles. The zero-order valence-corrected chi connectivity index (χ0v) is 15.3. The van der Waals surface area contributed by atoms with Crippen LogP contribution < -0.4 is 0 Å². The second kappa shape index (κ2) is 4.97. The molecule has 0 bridgehead atoms. The molecule has 1 spiro atoms. The van der Waals surface area contributed by atoms with E-state index in [1.807, 2.05) is 6.92 Å². The maximum Gasteiger partial charge on any atom is 0.0825 e. The van der Waals surface area contributed by atoms with Gasteiger partial charge in [0.05, 0.1) is 24.9 Å². The second-order valence-corrected chi connectivity index (χ2v) is 10.4. The summed E-state index contributed by atoms with van der Waals surface area (Å²) in [7, 11) is 0. The minimum Gasteiger partial charge on any atom is -0.394 e. The Hall–Kier alpha value is -0.160. The van der Waals surface area contributed by atoms with Crippen molar-refractivity contribution in [1.29, 1.82) is 0 Å². The highest BCUT2D eigenvalue weighted by Gasteiger charge is 2.77. The van der Waals surface area contributed by atoms with E-state index in [2.05, 4.69) is 13.8 Å². The van der Waals surface area contributed by atoms with E-state index in [1.54, 1.807) is 0 Å². The molecule has 0 aromatic carbocycles. The summed E-state index contributed by atoms with van der Waals surface area (Å²) in [5.41, 5.74) is -0.129. The molecule has 138 valence electrons. The van der Waals surface area contributed by atoms with Gasteiger partial charge in [-0.2, -0.15) is 0 Å². The minimum atomic E-state index is -0.782. The molecule has 4 rings (SSSR count). The molecule has 0 aromatic heterocycles. The maximum absolute atomic E-state index is 11.2. The Balaban J connectivity index is 1.70. The lowest BCUT2D eigenvalue weighted by Crippen LogP contribution is -2.63. The monoisotopic (exact) mass is 338 g/mol. The van der Waals surface area contributed by atoms with Crippen LogP contribution in [-0.4, -0.2) is 45.3 Å². The molecule has 4 N–H and O–H groups in total. The van der Waals surface area contributed by atoms with Crippen LogP contribution in [0.5, 0.6) is 0 Å². The van der Waals surface area contributed by atoms with Crippen LogP contribution in [0.3, 0.4) is 0 Å². The summed E-state index contributed by atoms with van der Waals surface area (Å²) in [6.45, 7) is 6.33. The van der Waals surface area contributed by atoms with Gasteiger partial charge in [0, 0.05) is 5.41 Å². The summed E-state index contributed by atoms with van der Waals surface area (Å²) in [5, 5.41) is 41.9. The van der Waals surface area contributed by atoms with Crippen LogP contribution in [0.2, 0.25) is 0 Å². The van der Waals surface area contributed by atoms with Crippen molar-refractivity contribution >= 4 is 0 Å². The van der Waals surface area contributed by atoms with E-state index in [4.69, 9.17) is 0 Å². The quantitative estimate of drug-likeness (QED) is 0.621. The van der Waals surface area contributed by atoms with E-state index < -0.39 is 17.6 Å². The third-order valence-electron chi connectivity index (χ3n) is 9.31. The topological polar surface area (TPSA) is 80.9 Å². The van der Waals surface area contributed by atoms with Gasteiger partial charge in [-0.05, 0) is 73.0 Å². The molecule has 24 heavy (non-hydrogen) atoms. The molecule has 4 aliphatic rings. The van der Waals surface area contributed by atoms with Gasteiger partial charge in [-0.1, -0.05) is 20.8 Å². The van der Waals surface area contributed by atoms with Gasteiger partial charge in [0.15, 0.2) is 0 Å². The molecule has 4 nitrogen and oxygen atoms in total. The fourth-order valence-corrected chi connectivity index (χ4v) is 7.63. The SMILES string of the molecule is CC1(C(O)CO)CC(O)C2(C)C(CCC34CC3(C)CCC(O)C24)C1. The van der Waals surface area contributed by atoms with Crippen LogP contribution in [-0.2, 0) is 0 Å². The largest absolute Gasteiger partial charge is 0.394 e. The first kappa shape index (κ1) is 17.3. The van der Waals surface area contributed by atoms with E-state index in [0.717, 1.165) is 32.1 Å². The highest BCUT2D eigenvalue weighted by molar-refractivity contribution is 5.25. The first-order valence-corrected chi connectivity index (χ1v) is 9.78. The third-order valence-corrected chi connectivity index (χ3v) is 9.31. The van der Waals surface area contributed by atoms with Crippen LogP contribution in [0.4, 0.5) is 0 Å². The number of fused-ring (bicyclic) bond motifs is 2. The molecule has 4 fully saturated rings. The Morgan fingerprint density at radius 3 is 2.42 bits per heavy atom. The summed E-state index contributed by atoms with van der Waals surface area (Å²) in [6, 6.07) is 0. The number of rotatable bonds is 2. The molecule has 0 saturated heterocycles. The van der Waals surface area contributed by atoms with Gasteiger partial charge in [-0.3, -0.25) is 0 Å². The molecular weight excluding hydrogens is 304 g/mol. The van der Waals surface area contributed by atoms with Gasteiger partial charge in [0.25, 0.3) is 0 Å². The summed E-state index contributed by atoms with van der Waals surface area (Å²) >= 11 is 0. The second-order valence-electron chi connectivity index (χ2n) is 10.4. The fraction of sp³-hybridized carbons (Fsp3) is 1.00. The predicted molar refractivity (Wildman–Crippen MR) is 91.2 cm³/mol. The average molecular weight is 338 g/mol. The maximum atomic E-state index is 11.2. The highest BCUT2D eigenvalue weighted by atomic mass is 16.3. The Morgan fingerprint density at radius 2 is 1.75 bits per heavy atom. The molecule has 0 radical (unpaired) electrons. The lowest BCUT2D eigenvalue weighted by atomic mass is 9.43. The normalized spacial score (nSPS) is 60.6. The van der Waals surface area contributed by atoms with Gasteiger partial charge < -0.3 is 20.4 Å². The Labute approximate surface area is 145 Å².